The van der Waals surface area contributed by atoms with Gasteiger partial charge in [0.2, 0.25) is 0 Å². The van der Waals surface area contributed by atoms with Crippen LogP contribution >= 0.6 is 11.3 Å². The fraction of sp³-hybridized carbons (Fsp3) is 0.270. The van der Waals surface area contributed by atoms with E-state index in [1.807, 2.05) is 11.3 Å². The smallest absolute Gasteiger partial charge is 0.343 e. The zero-order chi connectivity index (χ0) is 45.9. The fourth-order valence-corrected chi connectivity index (χ4v) is 14.2. The Bertz CT molecular complexity index is 3550. The molecule has 0 unspecified atom stereocenters. The molecule has 0 atom stereocenters. The molecule has 3 heterocycles. The SMILES string of the molecule is Cc1cc2c(cc1N1c3cc4ccccc4c4c3B(c3sc5cc6c(cc5c31)C(C)(C)CCC6(C)C)N(c1ccc(-c3ccccc3)cc1)c1cc3ccccc3cc1-4)C(C)(C)CCC2(C)C. The number of anilines is 5. The predicted molar refractivity (Wildman–Crippen MR) is 291 cm³/mol. The van der Waals surface area contributed by atoms with E-state index in [1.54, 1.807) is 0 Å². The van der Waals surface area contributed by atoms with E-state index in [4.69, 9.17) is 0 Å². The highest BCUT2D eigenvalue weighted by Gasteiger charge is 2.49. The third-order valence-electron chi connectivity index (χ3n) is 17.0. The molecule has 4 aliphatic rings. The molecule has 8 aromatic carbocycles. The van der Waals surface area contributed by atoms with Crippen LogP contribution in [0.5, 0.6) is 0 Å². The van der Waals surface area contributed by atoms with E-state index >= 15 is 0 Å². The van der Waals surface area contributed by atoms with Crippen LogP contribution in [0.3, 0.4) is 0 Å². The van der Waals surface area contributed by atoms with Gasteiger partial charge in [-0.3, -0.25) is 0 Å². The Morgan fingerprint density at radius 1 is 0.478 bits per heavy atom. The summed E-state index contributed by atoms with van der Waals surface area (Å²) >= 11 is 2.04. The Balaban J connectivity index is 1.19. The van der Waals surface area contributed by atoms with Crippen molar-refractivity contribution in [2.45, 2.75) is 110 Å². The van der Waals surface area contributed by atoms with E-state index < -0.39 is 0 Å². The third-order valence-corrected chi connectivity index (χ3v) is 18.2. The number of hydrogen-bond acceptors (Lipinski definition) is 3. The van der Waals surface area contributed by atoms with Gasteiger partial charge in [0.15, 0.2) is 0 Å². The first-order chi connectivity index (χ1) is 32.1. The van der Waals surface area contributed by atoms with Crippen molar-refractivity contribution in [2.75, 3.05) is 9.71 Å². The number of hydrogen-bond donors (Lipinski definition) is 0. The maximum Gasteiger partial charge on any atom is 0.343 e. The molecule has 2 nitrogen and oxygen atoms in total. The Morgan fingerprint density at radius 3 is 1.69 bits per heavy atom. The van der Waals surface area contributed by atoms with Crippen LogP contribution in [0.4, 0.5) is 28.4 Å². The van der Waals surface area contributed by atoms with Crippen molar-refractivity contribution in [2.24, 2.45) is 0 Å². The van der Waals surface area contributed by atoms with Crippen LogP contribution in [0.2, 0.25) is 0 Å². The molecule has 13 rings (SSSR count). The summed E-state index contributed by atoms with van der Waals surface area (Å²) in [6, 6.07) is 56.4. The van der Waals surface area contributed by atoms with Gasteiger partial charge in [-0.25, -0.2) is 0 Å². The van der Waals surface area contributed by atoms with Crippen molar-refractivity contribution in [3.05, 3.63) is 173 Å². The highest BCUT2D eigenvalue weighted by molar-refractivity contribution is 7.32. The van der Waals surface area contributed by atoms with Gasteiger partial charge >= 0.3 is 6.85 Å². The highest BCUT2D eigenvalue weighted by Crippen LogP contribution is 2.56. The Labute approximate surface area is 401 Å². The molecule has 0 saturated heterocycles. The first kappa shape index (κ1) is 41.1. The highest BCUT2D eigenvalue weighted by atomic mass is 32.1. The second-order valence-electron chi connectivity index (χ2n) is 23.1. The summed E-state index contributed by atoms with van der Waals surface area (Å²) in [5.74, 6) is 0. The molecule has 0 N–H and O–H groups in total. The summed E-state index contributed by atoms with van der Waals surface area (Å²) in [6.45, 7) is 22.1. The van der Waals surface area contributed by atoms with Gasteiger partial charge in [-0.05, 0) is 174 Å². The molecule has 0 spiro atoms. The number of rotatable bonds is 3. The number of fused-ring (bicyclic) bond motifs is 11. The lowest BCUT2D eigenvalue weighted by Crippen LogP contribution is -2.60. The molecule has 0 amide bonds. The van der Waals surface area contributed by atoms with E-state index in [9.17, 15) is 0 Å². The Hall–Kier alpha value is -6.10. The molecule has 67 heavy (non-hydrogen) atoms. The van der Waals surface area contributed by atoms with Crippen LogP contribution in [0.1, 0.15) is 109 Å². The van der Waals surface area contributed by atoms with Crippen LogP contribution < -0.4 is 20.0 Å². The van der Waals surface area contributed by atoms with Crippen LogP contribution in [-0.4, -0.2) is 6.85 Å². The number of aryl methyl sites for hydroxylation is 1. The molecule has 9 aromatic rings. The Morgan fingerprint density at radius 2 is 1.01 bits per heavy atom. The van der Waals surface area contributed by atoms with Gasteiger partial charge in [0.25, 0.3) is 0 Å². The third kappa shape index (κ3) is 5.94. The average molecular weight is 887 g/mol. The molecule has 4 heteroatoms. The van der Waals surface area contributed by atoms with Gasteiger partial charge in [0, 0.05) is 43.2 Å². The molecule has 0 radical (unpaired) electrons. The molecule has 0 saturated carbocycles. The summed E-state index contributed by atoms with van der Waals surface area (Å²) in [5.41, 5.74) is 20.7. The van der Waals surface area contributed by atoms with Crippen molar-refractivity contribution in [3.63, 3.8) is 0 Å². The summed E-state index contributed by atoms with van der Waals surface area (Å²) < 4.78 is 2.80. The molecule has 0 fully saturated rings. The molecule has 2 aliphatic carbocycles. The van der Waals surface area contributed by atoms with Gasteiger partial charge in [-0.15, -0.1) is 11.3 Å². The topological polar surface area (TPSA) is 6.48 Å². The van der Waals surface area contributed by atoms with Gasteiger partial charge < -0.3 is 9.71 Å². The lowest BCUT2D eigenvalue weighted by atomic mass is 9.46. The lowest BCUT2D eigenvalue weighted by molar-refractivity contribution is 0.332. The second kappa shape index (κ2) is 14.0. The normalized spacial score (nSPS) is 18.1. The number of nitrogens with zero attached hydrogens (tertiary/aromatic N) is 2. The summed E-state index contributed by atoms with van der Waals surface area (Å²) in [6.07, 6.45) is 4.75. The van der Waals surface area contributed by atoms with Crippen molar-refractivity contribution in [1.82, 2.24) is 0 Å². The maximum absolute atomic E-state index is 2.76. The first-order valence-corrected chi connectivity index (χ1v) is 25.5. The minimum absolute atomic E-state index is 0.0609. The molecule has 330 valence electrons. The zero-order valence-corrected chi connectivity index (χ0v) is 41.4. The molecular weight excluding hydrogens is 828 g/mol. The average Bonchev–Trinajstić information content (AvgIpc) is 3.70. The van der Waals surface area contributed by atoms with E-state index in [-0.39, 0.29) is 28.5 Å². The van der Waals surface area contributed by atoms with Crippen molar-refractivity contribution in [3.8, 4) is 22.3 Å². The monoisotopic (exact) mass is 886 g/mol. The van der Waals surface area contributed by atoms with Crippen LogP contribution in [0.15, 0.2) is 146 Å². The van der Waals surface area contributed by atoms with Gasteiger partial charge in [-0.1, -0.05) is 152 Å². The van der Waals surface area contributed by atoms with Crippen LogP contribution in [-0.2, 0) is 21.7 Å². The largest absolute Gasteiger partial charge is 0.376 e. The lowest BCUT2D eigenvalue weighted by Gasteiger charge is -2.46. The van der Waals surface area contributed by atoms with E-state index in [1.165, 1.54) is 146 Å². The zero-order valence-electron chi connectivity index (χ0n) is 40.6. The standard InChI is InChI=1S/C63H59BN2S/c1-38-31-48-50(62(6,7)29-27-60(48,2)3)36-52(38)65-54-34-43-21-15-16-22-45(43)56-46-32-41-19-13-14-20-42(41)33-53(46)66(44-25-23-40(24-26-44)39-17-11-10-12-18-39)64(57(54)56)59-58(65)47-35-49-51(37-55(47)67-59)63(8,9)30-28-61(49,4)5/h10-26,31-37H,27-30H2,1-9H3. The van der Waals surface area contributed by atoms with Crippen LogP contribution in [0.25, 0.3) is 53.9 Å². The molecule has 0 bridgehead atoms. The van der Waals surface area contributed by atoms with Gasteiger partial charge in [0.05, 0.1) is 5.69 Å². The van der Waals surface area contributed by atoms with Gasteiger partial charge in [0.1, 0.15) is 0 Å². The summed E-state index contributed by atoms with van der Waals surface area (Å²) in [5, 5.41) is 6.50. The predicted octanol–water partition coefficient (Wildman–Crippen LogP) is 16.6. The number of benzene rings is 8. The minimum Gasteiger partial charge on any atom is -0.376 e. The molecular formula is C63H59BN2S. The Kier molecular flexibility index (Phi) is 8.58. The first-order valence-electron chi connectivity index (χ1n) is 24.7. The number of thiophene rings is 1. The molecule has 2 aliphatic heterocycles. The molecule has 1 aromatic heterocycles. The van der Waals surface area contributed by atoms with E-state index in [2.05, 4.69) is 218 Å². The van der Waals surface area contributed by atoms with E-state index in [0.717, 1.165) is 0 Å². The fourth-order valence-electron chi connectivity index (χ4n) is 12.9. The summed E-state index contributed by atoms with van der Waals surface area (Å²) in [4.78, 5) is 5.49. The van der Waals surface area contributed by atoms with Crippen molar-refractivity contribution >= 4 is 88.5 Å². The maximum atomic E-state index is 2.76. The van der Waals surface area contributed by atoms with Crippen molar-refractivity contribution < 1.29 is 0 Å². The van der Waals surface area contributed by atoms with Crippen LogP contribution in [0, 0.1) is 6.92 Å². The summed E-state index contributed by atoms with van der Waals surface area (Å²) in [7, 11) is 0. The second-order valence-corrected chi connectivity index (χ2v) is 24.2. The van der Waals surface area contributed by atoms with Crippen molar-refractivity contribution in [1.29, 1.82) is 0 Å². The van der Waals surface area contributed by atoms with Gasteiger partial charge in [-0.2, -0.15) is 0 Å². The quantitative estimate of drug-likeness (QED) is 0.163. The minimum atomic E-state index is -0.0687. The van der Waals surface area contributed by atoms with E-state index in [0.29, 0.717) is 0 Å².